The largest absolute Gasteiger partial charge is 0.504 e. The smallest absolute Gasteiger partial charge is 0.160 e. The molecule has 0 atom stereocenters. The van der Waals surface area contributed by atoms with E-state index in [9.17, 15) is 9.90 Å². The second-order valence-corrected chi connectivity index (χ2v) is 4.95. The predicted octanol–water partition coefficient (Wildman–Crippen LogP) is 2.33. The fraction of sp³-hybridized carbons (Fsp3) is 0.500. The number of aldehydes is 1. The minimum Gasteiger partial charge on any atom is -0.504 e. The van der Waals surface area contributed by atoms with Gasteiger partial charge in [-0.25, -0.2) is 0 Å². The maximum absolute atomic E-state index is 11.2. The lowest BCUT2D eigenvalue weighted by Crippen LogP contribution is -2.39. The number of phenols is 1. The molecule has 18 heavy (non-hydrogen) atoms. The first-order chi connectivity index (χ1) is 8.60. The molecule has 98 valence electrons. The van der Waals surface area contributed by atoms with Crippen molar-refractivity contribution in [3.8, 4) is 11.5 Å². The Labute approximate surface area is 107 Å². The van der Waals surface area contributed by atoms with Gasteiger partial charge in [0, 0.05) is 11.1 Å². The number of carbonyl (C=O) groups is 1. The number of methoxy groups -OCH3 is 1. The molecule has 0 aromatic heterocycles. The van der Waals surface area contributed by atoms with Crippen LogP contribution in [0.15, 0.2) is 12.1 Å². The van der Waals surface area contributed by atoms with Gasteiger partial charge >= 0.3 is 0 Å². The normalized spacial score (nSPS) is 18.3. The van der Waals surface area contributed by atoms with Crippen LogP contribution in [0.25, 0.3) is 0 Å². The quantitative estimate of drug-likeness (QED) is 0.806. The zero-order valence-corrected chi connectivity index (χ0v) is 10.6. The number of hydrogen-bond acceptors (Lipinski definition) is 4. The molecule has 4 heteroatoms. The summed E-state index contributed by atoms with van der Waals surface area (Å²) in [5, 5.41) is 9.70. The Hall–Kier alpha value is -1.55. The first kappa shape index (κ1) is 12.9. The number of rotatable bonds is 3. The van der Waals surface area contributed by atoms with Crippen LogP contribution in [0.5, 0.6) is 11.5 Å². The Balaban J connectivity index is 2.50. The van der Waals surface area contributed by atoms with Crippen molar-refractivity contribution in [2.24, 2.45) is 5.73 Å². The van der Waals surface area contributed by atoms with Crippen molar-refractivity contribution in [1.29, 1.82) is 0 Å². The van der Waals surface area contributed by atoms with E-state index in [0.717, 1.165) is 37.5 Å². The molecule has 0 amide bonds. The molecule has 1 fully saturated rings. The van der Waals surface area contributed by atoms with Crippen LogP contribution in [0.2, 0.25) is 0 Å². The highest BCUT2D eigenvalue weighted by molar-refractivity contribution is 5.80. The van der Waals surface area contributed by atoms with Crippen LogP contribution in [0.1, 0.15) is 48.0 Å². The van der Waals surface area contributed by atoms with Crippen molar-refractivity contribution in [3.05, 3.63) is 23.3 Å². The molecular weight excluding hydrogens is 230 g/mol. The van der Waals surface area contributed by atoms with Gasteiger partial charge in [0.05, 0.1) is 7.11 Å². The lowest BCUT2D eigenvalue weighted by molar-refractivity contribution is 0.111. The highest BCUT2D eigenvalue weighted by atomic mass is 16.5. The summed E-state index contributed by atoms with van der Waals surface area (Å²) in [6.45, 7) is 0. The van der Waals surface area contributed by atoms with Gasteiger partial charge in [0.1, 0.15) is 0 Å². The zero-order chi connectivity index (χ0) is 13.2. The number of benzene rings is 1. The van der Waals surface area contributed by atoms with Gasteiger partial charge in [0.15, 0.2) is 17.8 Å². The molecule has 4 nitrogen and oxygen atoms in total. The molecule has 0 spiro atoms. The SMILES string of the molecule is COc1cc(C2(N)CCCCC2)c(C=O)cc1O. The first-order valence-corrected chi connectivity index (χ1v) is 6.26. The Bertz CT molecular complexity index is 451. The summed E-state index contributed by atoms with van der Waals surface area (Å²) < 4.78 is 5.10. The number of carbonyl (C=O) groups excluding carboxylic acids is 1. The van der Waals surface area contributed by atoms with Gasteiger partial charge in [-0.2, -0.15) is 0 Å². The van der Waals surface area contributed by atoms with Gasteiger partial charge in [-0.3, -0.25) is 4.79 Å². The molecule has 1 aromatic rings. The van der Waals surface area contributed by atoms with E-state index in [0.29, 0.717) is 11.3 Å². The van der Waals surface area contributed by atoms with Gasteiger partial charge in [-0.05, 0) is 30.5 Å². The van der Waals surface area contributed by atoms with Gasteiger partial charge in [-0.15, -0.1) is 0 Å². The van der Waals surface area contributed by atoms with Crippen molar-refractivity contribution in [3.63, 3.8) is 0 Å². The molecular formula is C14H19NO3. The van der Waals surface area contributed by atoms with Gasteiger partial charge in [0.25, 0.3) is 0 Å². The summed E-state index contributed by atoms with van der Waals surface area (Å²) in [5.74, 6) is 0.341. The van der Waals surface area contributed by atoms with E-state index in [2.05, 4.69) is 0 Å². The fourth-order valence-electron chi connectivity index (χ4n) is 2.73. The van der Waals surface area contributed by atoms with Crippen LogP contribution < -0.4 is 10.5 Å². The van der Waals surface area contributed by atoms with Crippen molar-refractivity contribution < 1.29 is 14.6 Å². The predicted molar refractivity (Wildman–Crippen MR) is 69.0 cm³/mol. The van der Waals surface area contributed by atoms with E-state index in [1.54, 1.807) is 6.07 Å². The van der Waals surface area contributed by atoms with E-state index in [-0.39, 0.29) is 5.75 Å². The zero-order valence-electron chi connectivity index (χ0n) is 10.6. The third-order valence-electron chi connectivity index (χ3n) is 3.76. The molecule has 0 radical (unpaired) electrons. The van der Waals surface area contributed by atoms with Crippen LogP contribution in [-0.2, 0) is 5.54 Å². The Morgan fingerprint density at radius 3 is 2.56 bits per heavy atom. The lowest BCUT2D eigenvalue weighted by atomic mass is 9.76. The first-order valence-electron chi connectivity index (χ1n) is 6.26. The van der Waals surface area contributed by atoms with Crippen molar-refractivity contribution >= 4 is 6.29 Å². The summed E-state index contributed by atoms with van der Waals surface area (Å²) >= 11 is 0. The fourth-order valence-corrected chi connectivity index (χ4v) is 2.73. The van der Waals surface area contributed by atoms with Crippen LogP contribution in [-0.4, -0.2) is 18.5 Å². The monoisotopic (exact) mass is 249 g/mol. The summed E-state index contributed by atoms with van der Waals surface area (Å²) in [6, 6.07) is 3.13. The van der Waals surface area contributed by atoms with Crippen LogP contribution >= 0.6 is 0 Å². The van der Waals surface area contributed by atoms with E-state index in [1.807, 2.05) is 0 Å². The number of phenolic OH excluding ortho intramolecular Hbond substituents is 1. The summed E-state index contributed by atoms with van der Waals surface area (Å²) in [7, 11) is 1.49. The van der Waals surface area contributed by atoms with Crippen LogP contribution in [0, 0.1) is 0 Å². The van der Waals surface area contributed by atoms with Gasteiger partial charge < -0.3 is 15.6 Å². The molecule has 0 heterocycles. The number of hydrogen-bond donors (Lipinski definition) is 2. The molecule has 3 N–H and O–H groups in total. The number of ether oxygens (including phenoxy) is 1. The number of aromatic hydroxyl groups is 1. The molecule has 1 saturated carbocycles. The summed E-state index contributed by atoms with van der Waals surface area (Å²) in [6.07, 6.45) is 5.79. The molecule has 2 rings (SSSR count). The molecule has 1 aliphatic rings. The minimum absolute atomic E-state index is 0.0252. The van der Waals surface area contributed by atoms with Gasteiger partial charge in [-0.1, -0.05) is 19.3 Å². The second kappa shape index (κ2) is 4.98. The van der Waals surface area contributed by atoms with E-state index in [1.165, 1.54) is 19.6 Å². The molecule has 1 aromatic carbocycles. The molecule has 0 saturated heterocycles. The second-order valence-electron chi connectivity index (χ2n) is 4.95. The molecule has 1 aliphatic carbocycles. The molecule has 0 unspecified atom stereocenters. The summed E-state index contributed by atoms with van der Waals surface area (Å²) in [5.41, 5.74) is 7.20. The van der Waals surface area contributed by atoms with Crippen molar-refractivity contribution in [2.45, 2.75) is 37.6 Å². The van der Waals surface area contributed by atoms with Crippen LogP contribution in [0.4, 0.5) is 0 Å². The third kappa shape index (κ3) is 2.20. The average Bonchev–Trinajstić information content (AvgIpc) is 2.39. The maximum atomic E-state index is 11.2. The van der Waals surface area contributed by atoms with Gasteiger partial charge in [0.2, 0.25) is 0 Å². The third-order valence-corrected chi connectivity index (χ3v) is 3.76. The van der Waals surface area contributed by atoms with E-state index >= 15 is 0 Å². The molecule has 0 bridgehead atoms. The Kier molecular flexibility index (Phi) is 3.57. The standard InChI is InChI=1S/C14H19NO3/c1-18-13-8-11(10(9-16)7-12(13)17)14(15)5-3-2-4-6-14/h7-9,17H,2-6,15H2,1H3. The summed E-state index contributed by atoms with van der Waals surface area (Å²) in [4.78, 5) is 11.2. The topological polar surface area (TPSA) is 72.5 Å². The van der Waals surface area contributed by atoms with Crippen molar-refractivity contribution in [1.82, 2.24) is 0 Å². The van der Waals surface area contributed by atoms with E-state index in [4.69, 9.17) is 10.5 Å². The van der Waals surface area contributed by atoms with E-state index < -0.39 is 5.54 Å². The highest BCUT2D eigenvalue weighted by Crippen LogP contribution is 2.40. The Morgan fingerprint density at radius 2 is 2.00 bits per heavy atom. The minimum atomic E-state index is -0.477. The lowest BCUT2D eigenvalue weighted by Gasteiger charge is -2.35. The average molecular weight is 249 g/mol. The van der Waals surface area contributed by atoms with Crippen molar-refractivity contribution in [2.75, 3.05) is 7.11 Å². The Morgan fingerprint density at radius 1 is 1.33 bits per heavy atom. The number of nitrogens with two attached hydrogens (primary N) is 1. The maximum Gasteiger partial charge on any atom is 0.160 e. The highest BCUT2D eigenvalue weighted by Gasteiger charge is 2.32. The molecule has 0 aliphatic heterocycles. The van der Waals surface area contributed by atoms with Crippen LogP contribution in [0.3, 0.4) is 0 Å².